The Balaban J connectivity index is 1.83. The van der Waals surface area contributed by atoms with E-state index in [1.54, 1.807) is 43.5 Å². The first-order chi connectivity index (χ1) is 22.3. The second-order valence-electron chi connectivity index (χ2n) is 19.2. The van der Waals surface area contributed by atoms with Crippen molar-refractivity contribution in [1.29, 1.82) is 0 Å². The highest BCUT2D eigenvalue weighted by atomic mass is 28.3. The van der Waals surface area contributed by atoms with Crippen LogP contribution < -0.4 is 15.2 Å². The monoisotopic (exact) mass is 660 g/mol. The fourth-order valence-corrected chi connectivity index (χ4v) is 13.0. The van der Waals surface area contributed by atoms with Gasteiger partial charge in [-0.1, -0.05) is 162 Å². The second kappa shape index (κ2) is 11.7. The van der Waals surface area contributed by atoms with Crippen LogP contribution in [-0.2, 0) is 22.7 Å². The standard InChI is InChI=1S/C46H64OSi/c1-15-25-47-40-30(19-18-20-34(40)42(4,5)6)32-27-44(9,10)28-33-35(32)37-36(41(33)48(16-2)17-3)31-26-43(7,8)22-21-29(31)38-39(37)46(13,14)24-23-45(38,11)12/h15,18-20,23-24,26,28,32,35,48H,1,16-17,21-22,25,27H2,2-14H3. The number of benzene rings is 2. The fourth-order valence-electron chi connectivity index (χ4n) is 10.1. The topological polar surface area (TPSA) is 9.23 Å². The van der Waals surface area contributed by atoms with Crippen LogP contribution in [0.4, 0.5) is 0 Å². The maximum absolute atomic E-state index is 6.77. The molecule has 0 N–H and O–H groups in total. The Morgan fingerprint density at radius 2 is 1.54 bits per heavy atom. The molecule has 0 aliphatic heterocycles. The van der Waals surface area contributed by atoms with Crippen LogP contribution in [0.1, 0.15) is 148 Å². The van der Waals surface area contributed by atoms with Gasteiger partial charge in [0.15, 0.2) is 0 Å². The highest BCUT2D eigenvalue weighted by molar-refractivity contribution is 6.79. The molecule has 0 saturated carbocycles. The van der Waals surface area contributed by atoms with Gasteiger partial charge in [-0.15, -0.1) is 0 Å². The van der Waals surface area contributed by atoms with Gasteiger partial charge in [-0.3, -0.25) is 0 Å². The quantitative estimate of drug-likeness (QED) is 0.212. The first-order valence-corrected chi connectivity index (χ1v) is 21.3. The van der Waals surface area contributed by atoms with Crippen LogP contribution in [-0.4, -0.2) is 15.4 Å². The van der Waals surface area contributed by atoms with Crippen molar-refractivity contribution in [3.8, 4) is 5.75 Å². The number of para-hydroxylation sites is 1. The molecule has 2 aromatic rings. The van der Waals surface area contributed by atoms with Gasteiger partial charge in [0.25, 0.3) is 0 Å². The molecule has 0 saturated heterocycles. The molecule has 2 heteroatoms. The van der Waals surface area contributed by atoms with E-state index in [4.69, 9.17) is 4.74 Å². The predicted molar refractivity (Wildman–Crippen MR) is 212 cm³/mol. The lowest BCUT2D eigenvalue weighted by Crippen LogP contribution is -2.46. The Kier molecular flexibility index (Phi) is 8.63. The highest BCUT2D eigenvalue weighted by Gasteiger charge is 2.49. The molecule has 6 rings (SSSR count). The molecule has 2 aromatic carbocycles. The molecule has 2 unspecified atom stereocenters. The molecule has 0 fully saturated rings. The Bertz CT molecular complexity index is 1830. The average molecular weight is 661 g/mol. The third kappa shape index (κ3) is 5.67. The minimum atomic E-state index is -1.26. The van der Waals surface area contributed by atoms with Crippen molar-refractivity contribution in [2.75, 3.05) is 6.61 Å². The zero-order chi connectivity index (χ0) is 35.2. The SMILES string of the molecule is C=CCOc1c(C2CC(C)(C)C=C3C([SiH](CC)CC)=c4c(c5c(c6c4=CC(C)(C)CC6)C(C)(C)C=CC5(C)C)C32)cccc1C(C)(C)C. The van der Waals surface area contributed by atoms with Crippen molar-refractivity contribution in [3.05, 3.63) is 98.5 Å². The number of hydrogen-bond donors (Lipinski definition) is 0. The van der Waals surface area contributed by atoms with Gasteiger partial charge in [-0.05, 0) is 90.8 Å². The molecule has 48 heavy (non-hydrogen) atoms. The van der Waals surface area contributed by atoms with Crippen LogP contribution in [0, 0.1) is 10.8 Å². The third-order valence-electron chi connectivity index (χ3n) is 12.4. The minimum absolute atomic E-state index is 0.00786. The molecule has 2 atom stereocenters. The summed E-state index contributed by atoms with van der Waals surface area (Å²) in [5, 5.41) is 5.08. The maximum atomic E-state index is 6.77. The molecule has 1 nitrogen and oxygen atoms in total. The Hall–Kier alpha value is -2.58. The first-order valence-electron chi connectivity index (χ1n) is 19.1. The number of hydrogen-bond acceptors (Lipinski definition) is 1. The van der Waals surface area contributed by atoms with E-state index in [1.807, 2.05) is 6.08 Å². The molecule has 0 spiro atoms. The van der Waals surface area contributed by atoms with Crippen molar-refractivity contribution in [2.24, 2.45) is 10.8 Å². The van der Waals surface area contributed by atoms with Gasteiger partial charge in [-0.25, -0.2) is 0 Å². The first kappa shape index (κ1) is 35.3. The van der Waals surface area contributed by atoms with Crippen LogP contribution in [0.5, 0.6) is 5.75 Å². The van der Waals surface area contributed by atoms with Gasteiger partial charge in [0, 0.05) is 16.7 Å². The molecule has 0 bridgehead atoms. The molecular weight excluding hydrogens is 597 g/mol. The van der Waals surface area contributed by atoms with Gasteiger partial charge < -0.3 is 4.74 Å². The summed E-state index contributed by atoms with van der Waals surface area (Å²) in [7, 11) is -1.26. The Morgan fingerprint density at radius 3 is 2.15 bits per heavy atom. The van der Waals surface area contributed by atoms with Crippen LogP contribution in [0.25, 0.3) is 11.3 Å². The van der Waals surface area contributed by atoms with Crippen molar-refractivity contribution in [2.45, 2.75) is 149 Å². The van der Waals surface area contributed by atoms with Crippen molar-refractivity contribution >= 4 is 20.1 Å². The lowest BCUT2D eigenvalue weighted by Gasteiger charge is -2.45. The summed E-state index contributed by atoms with van der Waals surface area (Å²) < 4.78 is 6.77. The van der Waals surface area contributed by atoms with E-state index in [-0.39, 0.29) is 27.1 Å². The highest BCUT2D eigenvalue weighted by Crippen LogP contribution is 2.59. The summed E-state index contributed by atoms with van der Waals surface area (Å²) in [6.45, 7) is 36.4. The number of fused-ring (bicyclic) bond motifs is 8. The molecule has 4 aliphatic rings. The van der Waals surface area contributed by atoms with E-state index in [1.165, 1.54) is 36.1 Å². The smallest absolute Gasteiger partial charge is 0.127 e. The van der Waals surface area contributed by atoms with Gasteiger partial charge in [0.2, 0.25) is 0 Å². The van der Waals surface area contributed by atoms with Gasteiger partial charge in [-0.2, -0.15) is 0 Å². The molecule has 0 radical (unpaired) electrons. The van der Waals surface area contributed by atoms with Gasteiger partial charge >= 0.3 is 0 Å². The van der Waals surface area contributed by atoms with E-state index >= 15 is 0 Å². The molecule has 0 heterocycles. The summed E-state index contributed by atoms with van der Waals surface area (Å²) in [6, 6.07) is 9.63. The van der Waals surface area contributed by atoms with Crippen molar-refractivity contribution < 1.29 is 4.74 Å². The predicted octanol–water partition coefficient (Wildman–Crippen LogP) is 10.6. The molecule has 258 valence electrons. The summed E-state index contributed by atoms with van der Waals surface area (Å²) in [4.78, 5) is 0. The third-order valence-corrected chi connectivity index (χ3v) is 15.8. The minimum Gasteiger partial charge on any atom is -0.489 e. The summed E-state index contributed by atoms with van der Waals surface area (Å²) in [5.41, 5.74) is 11.2. The molecule has 4 aliphatic carbocycles. The van der Waals surface area contributed by atoms with Crippen LogP contribution >= 0.6 is 0 Å². The number of ether oxygens (including phenoxy) is 1. The van der Waals surface area contributed by atoms with Gasteiger partial charge in [0.1, 0.15) is 12.4 Å². The molecule has 0 aromatic heterocycles. The largest absolute Gasteiger partial charge is 0.489 e. The average Bonchev–Trinajstić information content (AvgIpc) is 3.31. The number of allylic oxidation sites excluding steroid dienone is 4. The summed E-state index contributed by atoms with van der Waals surface area (Å²) >= 11 is 0. The fraction of sp³-hybridized carbons (Fsp3) is 0.565. The lowest BCUT2D eigenvalue weighted by molar-refractivity contribution is 0.316. The maximum Gasteiger partial charge on any atom is 0.127 e. The van der Waals surface area contributed by atoms with Gasteiger partial charge in [0.05, 0.1) is 8.80 Å². The zero-order valence-corrected chi connectivity index (χ0v) is 33.9. The Morgan fingerprint density at radius 1 is 0.896 bits per heavy atom. The van der Waals surface area contributed by atoms with Crippen LogP contribution in [0.2, 0.25) is 12.1 Å². The lowest BCUT2D eigenvalue weighted by atomic mass is 9.59. The summed E-state index contributed by atoms with van der Waals surface area (Å²) in [6.07, 6.45) is 16.0. The molecule has 0 amide bonds. The normalized spacial score (nSPS) is 24.2. The van der Waals surface area contributed by atoms with Crippen molar-refractivity contribution in [3.63, 3.8) is 0 Å². The van der Waals surface area contributed by atoms with Crippen molar-refractivity contribution in [1.82, 2.24) is 0 Å². The number of rotatable bonds is 7. The zero-order valence-electron chi connectivity index (χ0n) is 32.7. The van der Waals surface area contributed by atoms with E-state index < -0.39 is 8.80 Å². The van der Waals surface area contributed by atoms with E-state index in [0.29, 0.717) is 18.4 Å². The van der Waals surface area contributed by atoms with E-state index in [2.05, 4.69) is 139 Å². The van der Waals surface area contributed by atoms with Crippen LogP contribution in [0.15, 0.2) is 54.7 Å². The second-order valence-corrected chi connectivity index (χ2v) is 22.8. The molecular formula is C46H64OSi. The van der Waals surface area contributed by atoms with E-state index in [9.17, 15) is 0 Å². The van der Waals surface area contributed by atoms with E-state index in [0.717, 1.165) is 12.2 Å². The summed E-state index contributed by atoms with van der Waals surface area (Å²) in [5.74, 6) is 1.75. The van der Waals surface area contributed by atoms with Crippen LogP contribution in [0.3, 0.4) is 0 Å². The Labute approximate surface area is 295 Å².